The summed E-state index contributed by atoms with van der Waals surface area (Å²) < 4.78 is 5.41. The summed E-state index contributed by atoms with van der Waals surface area (Å²) in [5.41, 5.74) is 8.16. The Hall–Kier alpha value is -1.26. The van der Waals surface area contributed by atoms with Crippen LogP contribution in [-0.2, 0) is 0 Å². The number of aliphatic hydroxyl groups is 1. The van der Waals surface area contributed by atoms with Crippen LogP contribution in [0, 0.1) is 0 Å². The predicted molar refractivity (Wildman–Crippen MR) is 79.8 cm³/mol. The number of aliphatic hydroxyl groups excluding tert-OH is 1. The molecule has 108 valence electrons. The van der Waals surface area contributed by atoms with E-state index in [0.29, 0.717) is 6.54 Å². The first-order valence-electron chi connectivity index (χ1n) is 6.94. The maximum absolute atomic E-state index is 9.25. The number of benzene rings is 1. The molecule has 0 aliphatic carbocycles. The fourth-order valence-electron chi connectivity index (χ4n) is 2.27. The van der Waals surface area contributed by atoms with Gasteiger partial charge in [-0.2, -0.15) is 0 Å². The lowest BCUT2D eigenvalue weighted by molar-refractivity contribution is 0.301. The van der Waals surface area contributed by atoms with Crippen molar-refractivity contribution in [2.45, 2.75) is 32.7 Å². The van der Waals surface area contributed by atoms with E-state index in [9.17, 15) is 5.11 Å². The van der Waals surface area contributed by atoms with E-state index in [1.165, 1.54) is 0 Å². The van der Waals surface area contributed by atoms with Gasteiger partial charge >= 0.3 is 0 Å². The number of hydrogen-bond acceptors (Lipinski definition) is 4. The van der Waals surface area contributed by atoms with Crippen LogP contribution in [0.1, 0.15) is 38.3 Å². The molecule has 0 bridgehead atoms. The topological polar surface area (TPSA) is 58.7 Å². The number of hydrogen-bond donors (Lipinski definition) is 2. The van der Waals surface area contributed by atoms with E-state index in [0.717, 1.165) is 36.4 Å². The van der Waals surface area contributed by atoms with E-state index >= 15 is 0 Å². The van der Waals surface area contributed by atoms with Gasteiger partial charge in [0, 0.05) is 30.4 Å². The highest BCUT2D eigenvalue weighted by Crippen LogP contribution is 2.33. The largest absolute Gasteiger partial charge is 0.496 e. The van der Waals surface area contributed by atoms with Crippen LogP contribution >= 0.6 is 0 Å². The molecule has 0 fully saturated rings. The molecule has 19 heavy (non-hydrogen) atoms. The van der Waals surface area contributed by atoms with Crippen molar-refractivity contribution in [1.82, 2.24) is 0 Å². The number of nitrogens with zero attached hydrogens (tertiary/aromatic N) is 1. The van der Waals surface area contributed by atoms with Crippen LogP contribution in [0.15, 0.2) is 18.2 Å². The average Bonchev–Trinajstić information content (AvgIpc) is 2.42. The first-order valence-corrected chi connectivity index (χ1v) is 6.94. The van der Waals surface area contributed by atoms with Gasteiger partial charge in [0.15, 0.2) is 0 Å². The Morgan fingerprint density at radius 1 is 1.37 bits per heavy atom. The number of unbranched alkanes of at least 4 members (excludes halogenated alkanes) is 1. The Morgan fingerprint density at radius 3 is 2.63 bits per heavy atom. The minimum Gasteiger partial charge on any atom is -0.496 e. The van der Waals surface area contributed by atoms with Gasteiger partial charge in [0.25, 0.3) is 0 Å². The van der Waals surface area contributed by atoms with E-state index in [1.54, 1.807) is 7.11 Å². The molecule has 4 nitrogen and oxygen atoms in total. The van der Waals surface area contributed by atoms with Crippen molar-refractivity contribution in [2.24, 2.45) is 5.73 Å². The molecule has 0 aliphatic rings. The van der Waals surface area contributed by atoms with E-state index < -0.39 is 0 Å². The van der Waals surface area contributed by atoms with Gasteiger partial charge in [-0.05, 0) is 25.5 Å². The van der Waals surface area contributed by atoms with Crippen molar-refractivity contribution in [2.75, 3.05) is 31.7 Å². The van der Waals surface area contributed by atoms with Crippen LogP contribution in [0.5, 0.6) is 5.75 Å². The van der Waals surface area contributed by atoms with E-state index in [-0.39, 0.29) is 12.6 Å². The zero-order valence-corrected chi connectivity index (χ0v) is 12.2. The van der Waals surface area contributed by atoms with Crippen molar-refractivity contribution >= 4 is 5.69 Å². The average molecular weight is 266 g/mol. The summed E-state index contributed by atoms with van der Waals surface area (Å²) in [6.45, 7) is 5.80. The molecule has 1 rings (SSSR count). The van der Waals surface area contributed by atoms with Crippen molar-refractivity contribution in [3.8, 4) is 5.75 Å². The molecule has 1 aromatic rings. The zero-order chi connectivity index (χ0) is 14.3. The lowest BCUT2D eigenvalue weighted by Crippen LogP contribution is -2.29. The minimum absolute atomic E-state index is 0.103. The van der Waals surface area contributed by atoms with Gasteiger partial charge in [-0.1, -0.05) is 19.4 Å². The van der Waals surface area contributed by atoms with Gasteiger partial charge in [-0.3, -0.25) is 0 Å². The smallest absolute Gasteiger partial charge is 0.125 e. The number of methoxy groups -OCH3 is 1. The third kappa shape index (κ3) is 4.11. The highest BCUT2D eigenvalue weighted by Gasteiger charge is 2.17. The lowest BCUT2D eigenvalue weighted by Gasteiger charge is -2.28. The second-order valence-electron chi connectivity index (χ2n) is 4.75. The maximum Gasteiger partial charge on any atom is 0.125 e. The molecule has 0 unspecified atom stereocenters. The first kappa shape index (κ1) is 15.8. The van der Waals surface area contributed by atoms with E-state index in [1.807, 2.05) is 25.1 Å². The SMILES string of the molecule is CCCCN(CCO)c1cccc(OC)c1[C@H](C)N. The quantitative estimate of drug-likeness (QED) is 0.758. The Labute approximate surface area is 116 Å². The maximum atomic E-state index is 9.25. The molecule has 0 amide bonds. The minimum atomic E-state index is -0.103. The van der Waals surface area contributed by atoms with Gasteiger partial charge in [0.1, 0.15) is 5.75 Å². The number of nitrogens with two attached hydrogens (primary N) is 1. The van der Waals surface area contributed by atoms with Gasteiger partial charge in [-0.15, -0.1) is 0 Å². The highest BCUT2D eigenvalue weighted by molar-refractivity contribution is 5.60. The zero-order valence-electron chi connectivity index (χ0n) is 12.2. The first-order chi connectivity index (χ1) is 9.15. The van der Waals surface area contributed by atoms with Crippen molar-refractivity contribution < 1.29 is 9.84 Å². The van der Waals surface area contributed by atoms with Gasteiger partial charge in [0.05, 0.1) is 13.7 Å². The van der Waals surface area contributed by atoms with Gasteiger partial charge < -0.3 is 20.5 Å². The lowest BCUT2D eigenvalue weighted by atomic mass is 10.0. The number of ether oxygens (including phenoxy) is 1. The highest BCUT2D eigenvalue weighted by atomic mass is 16.5. The molecule has 0 aromatic heterocycles. The Kier molecular flexibility index (Phi) is 6.67. The van der Waals surface area contributed by atoms with Crippen LogP contribution in [0.3, 0.4) is 0 Å². The summed E-state index contributed by atoms with van der Waals surface area (Å²) in [5, 5.41) is 9.25. The van der Waals surface area contributed by atoms with Gasteiger partial charge in [0.2, 0.25) is 0 Å². The fourth-order valence-corrected chi connectivity index (χ4v) is 2.27. The molecule has 0 radical (unpaired) electrons. The molecule has 1 aromatic carbocycles. The Balaban J connectivity index is 3.13. The monoisotopic (exact) mass is 266 g/mol. The second kappa shape index (κ2) is 8.02. The third-order valence-corrected chi connectivity index (χ3v) is 3.21. The molecule has 1 atom stereocenters. The molecule has 0 saturated carbocycles. The van der Waals surface area contributed by atoms with Crippen molar-refractivity contribution in [3.63, 3.8) is 0 Å². The van der Waals surface area contributed by atoms with Crippen LogP contribution in [0.2, 0.25) is 0 Å². The van der Waals surface area contributed by atoms with Crippen LogP contribution in [0.4, 0.5) is 5.69 Å². The molecule has 3 N–H and O–H groups in total. The summed E-state index contributed by atoms with van der Waals surface area (Å²) >= 11 is 0. The van der Waals surface area contributed by atoms with Crippen LogP contribution in [0.25, 0.3) is 0 Å². The summed E-state index contributed by atoms with van der Waals surface area (Å²) in [6, 6.07) is 5.84. The normalized spacial score (nSPS) is 12.3. The summed E-state index contributed by atoms with van der Waals surface area (Å²) in [7, 11) is 1.66. The molecule has 0 aliphatic heterocycles. The molecular weight excluding hydrogens is 240 g/mol. The predicted octanol–water partition coefficient (Wildman–Crippen LogP) is 2.31. The molecule has 0 saturated heterocycles. The van der Waals surface area contributed by atoms with E-state index in [2.05, 4.69) is 11.8 Å². The third-order valence-electron chi connectivity index (χ3n) is 3.21. The summed E-state index contributed by atoms with van der Waals surface area (Å²) in [5.74, 6) is 0.812. The Morgan fingerprint density at radius 2 is 2.11 bits per heavy atom. The molecule has 0 heterocycles. The van der Waals surface area contributed by atoms with Crippen molar-refractivity contribution in [3.05, 3.63) is 23.8 Å². The van der Waals surface area contributed by atoms with E-state index in [4.69, 9.17) is 10.5 Å². The molecule has 0 spiro atoms. The Bertz CT molecular complexity index is 380. The van der Waals surface area contributed by atoms with Gasteiger partial charge in [-0.25, -0.2) is 0 Å². The second-order valence-corrected chi connectivity index (χ2v) is 4.75. The number of rotatable bonds is 8. The van der Waals surface area contributed by atoms with Crippen molar-refractivity contribution in [1.29, 1.82) is 0 Å². The van der Waals surface area contributed by atoms with Crippen LogP contribution < -0.4 is 15.4 Å². The summed E-state index contributed by atoms with van der Waals surface area (Å²) in [6.07, 6.45) is 2.22. The summed E-state index contributed by atoms with van der Waals surface area (Å²) in [4.78, 5) is 2.19. The number of anilines is 1. The molecule has 4 heteroatoms. The standard InChI is InChI=1S/C15H26N2O2/c1-4-5-9-17(10-11-18)13-7-6-8-14(19-3)15(13)12(2)16/h6-8,12,18H,4-5,9-11,16H2,1-3H3/t12-/m0/s1. The van der Waals surface area contributed by atoms with Crippen LogP contribution in [-0.4, -0.2) is 31.9 Å². The molecular formula is C15H26N2O2. The fraction of sp³-hybridized carbons (Fsp3) is 0.600.